The maximum atomic E-state index is 12.3. The van der Waals surface area contributed by atoms with Gasteiger partial charge in [-0.1, -0.05) is 61.9 Å². The highest BCUT2D eigenvalue weighted by atomic mass is 16.5. The molecule has 2 aromatic carbocycles. The van der Waals surface area contributed by atoms with Crippen LogP contribution in [0.2, 0.25) is 0 Å². The Morgan fingerprint density at radius 3 is 2.16 bits per heavy atom. The number of aliphatic carboxylic acids is 1. The molecule has 0 fully saturated rings. The number of carboxylic acids is 1. The molecule has 0 radical (unpaired) electrons. The van der Waals surface area contributed by atoms with Gasteiger partial charge in [0.15, 0.2) is 0 Å². The number of rotatable bonds is 9. The number of hydrogen-bond acceptors (Lipinski definition) is 4. The second kappa shape index (κ2) is 10.1. The summed E-state index contributed by atoms with van der Waals surface area (Å²) < 4.78 is 5.44. The highest BCUT2D eigenvalue weighted by Crippen LogP contribution is 2.44. The average Bonchev–Trinajstić information content (AvgIpc) is 3.08. The molecule has 0 heterocycles. The van der Waals surface area contributed by atoms with Gasteiger partial charge in [0.25, 0.3) is 0 Å². The molecule has 31 heavy (non-hydrogen) atoms. The van der Waals surface area contributed by atoms with E-state index in [4.69, 9.17) is 4.74 Å². The van der Waals surface area contributed by atoms with Gasteiger partial charge in [0.05, 0.1) is 5.92 Å². The Bertz CT molecular complexity index is 913. The summed E-state index contributed by atoms with van der Waals surface area (Å²) in [6.07, 6.45) is 0.498. The lowest BCUT2D eigenvalue weighted by Gasteiger charge is -2.18. The van der Waals surface area contributed by atoms with E-state index < -0.39 is 29.9 Å². The Labute approximate surface area is 181 Å². The lowest BCUT2D eigenvalue weighted by molar-refractivity contribution is -0.142. The summed E-state index contributed by atoms with van der Waals surface area (Å²) in [6.45, 7) is 3.61. The fourth-order valence-corrected chi connectivity index (χ4v) is 3.92. The van der Waals surface area contributed by atoms with Gasteiger partial charge in [0.1, 0.15) is 12.6 Å². The molecule has 2 aromatic rings. The normalized spacial score (nSPS) is 14.1. The van der Waals surface area contributed by atoms with Crippen molar-refractivity contribution in [3.05, 3.63) is 59.7 Å². The molecule has 7 heteroatoms. The van der Waals surface area contributed by atoms with Crippen LogP contribution in [0.5, 0.6) is 0 Å². The first-order chi connectivity index (χ1) is 14.9. The van der Waals surface area contributed by atoms with Crippen LogP contribution in [0.25, 0.3) is 11.1 Å². The van der Waals surface area contributed by atoms with Crippen molar-refractivity contribution in [2.24, 2.45) is 5.92 Å². The summed E-state index contributed by atoms with van der Waals surface area (Å²) in [5.41, 5.74) is 4.50. The molecule has 0 aliphatic heterocycles. The number of fused-ring (bicyclic) bond motifs is 3. The second-order valence-electron chi connectivity index (χ2n) is 7.76. The zero-order valence-corrected chi connectivity index (χ0v) is 17.8. The molecule has 0 aromatic heterocycles. The maximum Gasteiger partial charge on any atom is 0.407 e. The molecule has 0 saturated carbocycles. The van der Waals surface area contributed by atoms with Crippen LogP contribution in [0.3, 0.4) is 0 Å². The first-order valence-electron chi connectivity index (χ1n) is 10.5. The number of carboxylic acid groups (broad SMARTS) is 1. The van der Waals surface area contributed by atoms with Crippen LogP contribution >= 0.6 is 0 Å². The third-order valence-electron chi connectivity index (χ3n) is 5.58. The molecule has 2 atom stereocenters. The summed E-state index contributed by atoms with van der Waals surface area (Å²) >= 11 is 0. The van der Waals surface area contributed by atoms with Crippen LogP contribution in [0.4, 0.5) is 4.79 Å². The minimum absolute atomic E-state index is 0.0265. The van der Waals surface area contributed by atoms with E-state index in [0.29, 0.717) is 12.8 Å². The van der Waals surface area contributed by atoms with Gasteiger partial charge in [-0.3, -0.25) is 9.59 Å². The minimum Gasteiger partial charge on any atom is -0.481 e. The third kappa shape index (κ3) is 5.23. The molecular weight excluding hydrogens is 396 g/mol. The van der Waals surface area contributed by atoms with Crippen LogP contribution in [0.15, 0.2) is 48.5 Å². The maximum absolute atomic E-state index is 12.3. The first kappa shape index (κ1) is 22.3. The van der Waals surface area contributed by atoms with Crippen molar-refractivity contribution in [1.29, 1.82) is 0 Å². The number of benzene rings is 2. The Balaban J connectivity index is 1.53. The Kier molecular flexibility index (Phi) is 7.28. The summed E-state index contributed by atoms with van der Waals surface area (Å²) in [4.78, 5) is 35.7. The van der Waals surface area contributed by atoms with Gasteiger partial charge in [-0.2, -0.15) is 0 Å². The van der Waals surface area contributed by atoms with Gasteiger partial charge in [0, 0.05) is 12.5 Å². The third-order valence-corrected chi connectivity index (χ3v) is 5.58. The highest BCUT2D eigenvalue weighted by Gasteiger charge is 2.29. The number of carbonyl (C=O) groups excluding carboxylic acids is 2. The smallest absolute Gasteiger partial charge is 0.407 e. The summed E-state index contributed by atoms with van der Waals surface area (Å²) in [5.74, 6) is -2.10. The van der Waals surface area contributed by atoms with Crippen molar-refractivity contribution in [3.63, 3.8) is 0 Å². The molecule has 7 nitrogen and oxygen atoms in total. The van der Waals surface area contributed by atoms with Gasteiger partial charge >= 0.3 is 12.1 Å². The van der Waals surface area contributed by atoms with E-state index in [1.54, 1.807) is 0 Å². The van der Waals surface area contributed by atoms with Crippen LogP contribution in [-0.2, 0) is 14.3 Å². The van der Waals surface area contributed by atoms with E-state index in [0.717, 1.165) is 22.3 Å². The monoisotopic (exact) mass is 424 g/mol. The van der Waals surface area contributed by atoms with Crippen molar-refractivity contribution in [2.75, 3.05) is 13.2 Å². The molecule has 164 valence electrons. The molecule has 1 aliphatic rings. The quantitative estimate of drug-likeness (QED) is 0.571. The largest absolute Gasteiger partial charge is 0.481 e. The van der Waals surface area contributed by atoms with E-state index in [-0.39, 0.29) is 19.1 Å². The van der Waals surface area contributed by atoms with Crippen LogP contribution in [-0.4, -0.2) is 42.3 Å². The lowest BCUT2D eigenvalue weighted by Crippen LogP contribution is -2.46. The van der Waals surface area contributed by atoms with Crippen LogP contribution in [0.1, 0.15) is 43.7 Å². The molecule has 3 rings (SSSR count). The fraction of sp³-hybridized carbons (Fsp3) is 0.375. The standard InChI is InChI=1S/C24H28N2O5/c1-3-8-16(23(28)29)13-25-22(27)15(2)26-24(30)31-14-21-19-11-6-4-9-17(19)18-10-5-7-12-20(18)21/h4-7,9-12,15-16,21H,3,8,13-14H2,1-2H3,(H,25,27)(H,26,30)(H,28,29)/t15-,16?/m0/s1. The molecular formula is C24H28N2O5. The minimum atomic E-state index is -0.945. The first-order valence-corrected chi connectivity index (χ1v) is 10.5. The molecule has 1 unspecified atom stereocenters. The van der Waals surface area contributed by atoms with Crippen molar-refractivity contribution >= 4 is 18.0 Å². The Morgan fingerprint density at radius 2 is 1.61 bits per heavy atom. The van der Waals surface area contributed by atoms with Crippen molar-refractivity contribution in [3.8, 4) is 11.1 Å². The summed E-state index contributed by atoms with van der Waals surface area (Å²) in [5, 5.41) is 14.3. The zero-order valence-electron chi connectivity index (χ0n) is 17.8. The van der Waals surface area contributed by atoms with E-state index in [1.807, 2.05) is 43.3 Å². The highest BCUT2D eigenvalue weighted by molar-refractivity contribution is 5.85. The van der Waals surface area contributed by atoms with E-state index >= 15 is 0 Å². The van der Waals surface area contributed by atoms with Crippen molar-refractivity contribution in [2.45, 2.75) is 38.6 Å². The Morgan fingerprint density at radius 1 is 1.03 bits per heavy atom. The van der Waals surface area contributed by atoms with Gasteiger partial charge < -0.3 is 20.5 Å². The van der Waals surface area contributed by atoms with Crippen molar-refractivity contribution < 1.29 is 24.2 Å². The van der Waals surface area contributed by atoms with Gasteiger partial charge in [0.2, 0.25) is 5.91 Å². The molecule has 0 spiro atoms. The molecule has 2 amide bonds. The number of carbonyl (C=O) groups is 3. The molecule has 0 bridgehead atoms. The van der Waals surface area contributed by atoms with E-state index in [9.17, 15) is 19.5 Å². The van der Waals surface area contributed by atoms with Gasteiger partial charge in [-0.15, -0.1) is 0 Å². The number of alkyl carbamates (subject to hydrolysis) is 1. The van der Waals surface area contributed by atoms with E-state index in [1.165, 1.54) is 6.92 Å². The predicted molar refractivity (Wildman–Crippen MR) is 117 cm³/mol. The Hall–Kier alpha value is -3.35. The summed E-state index contributed by atoms with van der Waals surface area (Å²) in [6, 6.07) is 15.3. The van der Waals surface area contributed by atoms with Crippen molar-refractivity contribution in [1.82, 2.24) is 10.6 Å². The lowest BCUT2D eigenvalue weighted by atomic mass is 9.98. The molecule has 3 N–H and O–H groups in total. The predicted octanol–water partition coefficient (Wildman–Crippen LogP) is 3.53. The molecule has 0 saturated heterocycles. The fourth-order valence-electron chi connectivity index (χ4n) is 3.92. The second-order valence-corrected chi connectivity index (χ2v) is 7.76. The SMILES string of the molecule is CCCC(CNC(=O)[C@H](C)NC(=O)OCC1c2ccccc2-c2ccccc21)C(=O)O. The summed E-state index contributed by atoms with van der Waals surface area (Å²) in [7, 11) is 0. The van der Waals surface area contributed by atoms with Gasteiger partial charge in [-0.25, -0.2) is 4.79 Å². The number of amides is 2. The average molecular weight is 424 g/mol. The number of hydrogen-bond donors (Lipinski definition) is 3. The topological polar surface area (TPSA) is 105 Å². The van der Waals surface area contributed by atoms with Crippen LogP contribution in [0, 0.1) is 5.92 Å². The number of nitrogens with one attached hydrogen (secondary N) is 2. The van der Waals surface area contributed by atoms with Gasteiger partial charge in [-0.05, 0) is 35.6 Å². The van der Waals surface area contributed by atoms with E-state index in [2.05, 4.69) is 22.8 Å². The van der Waals surface area contributed by atoms with Crippen LogP contribution < -0.4 is 10.6 Å². The zero-order chi connectivity index (χ0) is 22.4. The number of ether oxygens (including phenoxy) is 1. The molecule has 1 aliphatic carbocycles.